The van der Waals surface area contributed by atoms with Crippen molar-refractivity contribution in [1.82, 2.24) is 19.2 Å². The van der Waals surface area contributed by atoms with Crippen LogP contribution in [-0.4, -0.2) is 19.2 Å². The summed E-state index contributed by atoms with van der Waals surface area (Å²) in [6.07, 6.45) is 3.63. The molecule has 4 aromatic rings. The van der Waals surface area contributed by atoms with Crippen LogP contribution >= 0.6 is 11.8 Å². The molecule has 0 unspecified atom stereocenters. The van der Waals surface area contributed by atoms with E-state index in [-0.39, 0.29) is 5.56 Å². The first-order chi connectivity index (χ1) is 13.5. The molecular formula is C22H22N4OS. The van der Waals surface area contributed by atoms with E-state index in [0.29, 0.717) is 11.6 Å². The van der Waals surface area contributed by atoms with Gasteiger partial charge in [0.1, 0.15) is 0 Å². The van der Waals surface area contributed by atoms with Crippen LogP contribution in [0.25, 0.3) is 11.3 Å². The normalized spacial score (nSPS) is 11.4. The summed E-state index contributed by atoms with van der Waals surface area (Å²) in [5, 5.41) is 9.08. The van der Waals surface area contributed by atoms with Crippen molar-refractivity contribution >= 4 is 17.4 Å². The van der Waals surface area contributed by atoms with E-state index in [1.165, 1.54) is 16.7 Å². The van der Waals surface area contributed by atoms with Gasteiger partial charge >= 0.3 is 5.56 Å². The van der Waals surface area contributed by atoms with E-state index in [9.17, 15) is 4.79 Å². The summed E-state index contributed by atoms with van der Waals surface area (Å²) in [7, 11) is 0. The van der Waals surface area contributed by atoms with Crippen LogP contribution in [-0.2, 0) is 5.75 Å². The monoisotopic (exact) mass is 390 g/mol. The smallest absolute Gasteiger partial charge is 0.280 e. The maximum atomic E-state index is 12.9. The van der Waals surface area contributed by atoms with Crippen LogP contribution in [0.15, 0.2) is 70.9 Å². The number of hydrogen-bond acceptors (Lipinski definition) is 4. The summed E-state index contributed by atoms with van der Waals surface area (Å²) < 4.78 is 3.38. The number of benzene rings is 2. The molecule has 2 heterocycles. The van der Waals surface area contributed by atoms with E-state index in [0.717, 1.165) is 16.6 Å². The van der Waals surface area contributed by atoms with E-state index in [1.807, 2.05) is 18.3 Å². The lowest BCUT2D eigenvalue weighted by molar-refractivity contribution is 0.862. The Morgan fingerprint density at radius 1 is 0.964 bits per heavy atom. The van der Waals surface area contributed by atoms with Gasteiger partial charge in [0, 0.05) is 23.8 Å². The molecule has 0 N–H and O–H groups in total. The van der Waals surface area contributed by atoms with Crippen molar-refractivity contribution in [3.05, 3.63) is 88.0 Å². The molecule has 0 amide bonds. The minimum Gasteiger partial charge on any atom is -0.280 e. The van der Waals surface area contributed by atoms with Gasteiger partial charge in [0.25, 0.3) is 0 Å². The van der Waals surface area contributed by atoms with Gasteiger partial charge in [0.15, 0.2) is 5.16 Å². The van der Waals surface area contributed by atoms with Crippen LogP contribution in [0.3, 0.4) is 0 Å². The number of fused-ring (bicyclic) bond motifs is 1. The van der Waals surface area contributed by atoms with Crippen LogP contribution in [0.5, 0.6) is 0 Å². The molecule has 6 heteroatoms. The Balaban J connectivity index is 1.62. The van der Waals surface area contributed by atoms with Crippen LogP contribution in [0.2, 0.25) is 0 Å². The fourth-order valence-corrected chi connectivity index (χ4v) is 3.89. The molecule has 2 aromatic carbocycles. The number of hydrogen-bond donors (Lipinski definition) is 0. The molecule has 0 aliphatic rings. The highest BCUT2D eigenvalue weighted by Crippen LogP contribution is 2.22. The molecule has 0 bridgehead atoms. The first-order valence-corrected chi connectivity index (χ1v) is 10.3. The third-order valence-corrected chi connectivity index (χ3v) is 5.78. The zero-order valence-corrected chi connectivity index (χ0v) is 17.0. The molecular weight excluding hydrogens is 368 g/mol. The minimum absolute atomic E-state index is 0.172. The average Bonchev–Trinajstić information content (AvgIpc) is 3.12. The van der Waals surface area contributed by atoms with Crippen molar-refractivity contribution in [3.63, 3.8) is 0 Å². The molecule has 0 atom stereocenters. The van der Waals surface area contributed by atoms with E-state index >= 15 is 0 Å². The van der Waals surface area contributed by atoms with Crippen molar-refractivity contribution in [2.75, 3.05) is 0 Å². The lowest BCUT2D eigenvalue weighted by Gasteiger charge is -2.09. The number of nitrogens with zero attached hydrogens (tertiary/aromatic N) is 4. The van der Waals surface area contributed by atoms with Gasteiger partial charge in [-0.05, 0) is 36.1 Å². The zero-order chi connectivity index (χ0) is 19.7. The van der Waals surface area contributed by atoms with Crippen molar-refractivity contribution in [2.45, 2.75) is 37.6 Å². The van der Waals surface area contributed by atoms with E-state index in [2.05, 4.69) is 67.4 Å². The van der Waals surface area contributed by atoms with E-state index < -0.39 is 0 Å². The Morgan fingerprint density at radius 3 is 2.36 bits per heavy atom. The summed E-state index contributed by atoms with van der Waals surface area (Å²) in [6.45, 7) is 6.38. The lowest BCUT2D eigenvalue weighted by atomic mass is 10.0. The topological polar surface area (TPSA) is 52.2 Å². The van der Waals surface area contributed by atoms with Gasteiger partial charge in [-0.2, -0.15) is 0 Å². The van der Waals surface area contributed by atoms with Crippen LogP contribution < -0.4 is 5.56 Å². The Labute approximate surface area is 168 Å². The average molecular weight is 391 g/mol. The van der Waals surface area contributed by atoms with E-state index in [1.54, 1.807) is 26.9 Å². The molecule has 0 spiro atoms. The third kappa shape index (κ3) is 3.60. The molecule has 0 radical (unpaired) electrons. The molecule has 0 aliphatic carbocycles. The molecule has 5 nitrogen and oxygen atoms in total. The highest BCUT2D eigenvalue weighted by molar-refractivity contribution is 7.98. The summed E-state index contributed by atoms with van der Waals surface area (Å²) in [5.41, 5.74) is 4.69. The van der Waals surface area contributed by atoms with Gasteiger partial charge in [-0.1, -0.05) is 67.6 Å². The summed E-state index contributed by atoms with van der Waals surface area (Å²) in [6, 6.07) is 16.5. The highest BCUT2D eigenvalue weighted by Gasteiger charge is 2.12. The number of aromatic nitrogens is 4. The van der Waals surface area contributed by atoms with Gasteiger partial charge in [-0.15, -0.1) is 10.2 Å². The SMILES string of the molecule is Cc1ccc(CSc2nnc3c(=O)n(-c4ccc(C(C)C)cc4)ccn23)cc1. The second-order valence-corrected chi connectivity index (χ2v) is 8.11. The van der Waals surface area contributed by atoms with Crippen LogP contribution in [0.1, 0.15) is 36.5 Å². The maximum absolute atomic E-state index is 12.9. The lowest BCUT2D eigenvalue weighted by Crippen LogP contribution is -2.20. The van der Waals surface area contributed by atoms with Gasteiger partial charge in [0.05, 0.1) is 0 Å². The molecule has 142 valence electrons. The zero-order valence-electron chi connectivity index (χ0n) is 16.2. The Bertz CT molecular complexity index is 1160. The van der Waals surface area contributed by atoms with Crippen LogP contribution in [0.4, 0.5) is 0 Å². The van der Waals surface area contributed by atoms with Crippen LogP contribution in [0, 0.1) is 6.92 Å². The van der Waals surface area contributed by atoms with E-state index in [4.69, 9.17) is 0 Å². The predicted octanol–water partition coefficient (Wildman–Crippen LogP) is 4.60. The van der Waals surface area contributed by atoms with Crippen molar-refractivity contribution in [3.8, 4) is 5.69 Å². The molecule has 0 saturated heterocycles. The Hall–Kier alpha value is -2.86. The maximum Gasteiger partial charge on any atom is 0.300 e. The van der Waals surface area contributed by atoms with Crippen molar-refractivity contribution < 1.29 is 0 Å². The molecule has 4 rings (SSSR count). The Morgan fingerprint density at radius 2 is 1.68 bits per heavy atom. The minimum atomic E-state index is -0.172. The van der Waals surface area contributed by atoms with Crippen molar-refractivity contribution in [1.29, 1.82) is 0 Å². The standard InChI is InChI=1S/C22H22N4OS/c1-15(2)18-8-10-19(11-9-18)25-12-13-26-20(21(25)27)23-24-22(26)28-14-17-6-4-16(3)5-7-17/h4-13,15H,14H2,1-3H3. The number of rotatable bonds is 5. The number of aryl methyl sites for hydroxylation is 1. The summed E-state index contributed by atoms with van der Waals surface area (Å²) in [4.78, 5) is 12.9. The first-order valence-electron chi connectivity index (χ1n) is 9.28. The van der Waals surface area contributed by atoms with Gasteiger partial charge < -0.3 is 0 Å². The number of thioether (sulfide) groups is 1. The summed E-state index contributed by atoms with van der Waals surface area (Å²) >= 11 is 1.57. The van der Waals surface area contributed by atoms with Gasteiger partial charge in [-0.25, -0.2) is 0 Å². The molecule has 2 aromatic heterocycles. The fraction of sp³-hybridized carbons (Fsp3) is 0.227. The van der Waals surface area contributed by atoms with Crippen molar-refractivity contribution in [2.24, 2.45) is 0 Å². The highest BCUT2D eigenvalue weighted by atomic mass is 32.2. The predicted molar refractivity (Wildman–Crippen MR) is 113 cm³/mol. The quantitative estimate of drug-likeness (QED) is 0.467. The van der Waals surface area contributed by atoms with Gasteiger partial charge in [-0.3, -0.25) is 13.8 Å². The molecule has 0 fully saturated rings. The molecule has 0 saturated carbocycles. The molecule has 0 aliphatic heterocycles. The van der Waals surface area contributed by atoms with Gasteiger partial charge in [0.2, 0.25) is 5.65 Å². The second kappa shape index (κ2) is 7.64. The fourth-order valence-electron chi connectivity index (χ4n) is 3.02. The second-order valence-electron chi connectivity index (χ2n) is 7.17. The molecule has 28 heavy (non-hydrogen) atoms. The third-order valence-electron chi connectivity index (χ3n) is 4.77. The largest absolute Gasteiger partial charge is 0.300 e. The summed E-state index contributed by atoms with van der Waals surface area (Å²) in [5.74, 6) is 1.23. The Kier molecular flexibility index (Phi) is 5.05. The first kappa shape index (κ1) is 18.5.